The topological polar surface area (TPSA) is 193 Å². The summed E-state index contributed by atoms with van der Waals surface area (Å²) in [5.41, 5.74) is 4.04. The monoisotopic (exact) mass is 934 g/mol. The number of fused-ring (bicyclic) bond motifs is 1. The van der Waals surface area contributed by atoms with Gasteiger partial charge in [-0.1, -0.05) is 54.6 Å². The number of halogens is 1. The minimum absolute atomic E-state index is 0.0172. The van der Waals surface area contributed by atoms with Crippen LogP contribution in [0.5, 0.6) is 0 Å². The maximum atomic E-state index is 15.1. The van der Waals surface area contributed by atoms with Crippen molar-refractivity contribution in [3.05, 3.63) is 148 Å². The Bertz CT molecular complexity index is 2840. The number of aromatic amines is 1. The lowest BCUT2D eigenvalue weighted by molar-refractivity contribution is -0.134. The number of H-pyrrole nitrogens is 1. The van der Waals surface area contributed by atoms with Crippen molar-refractivity contribution in [2.45, 2.75) is 25.8 Å². The van der Waals surface area contributed by atoms with E-state index in [9.17, 15) is 24.0 Å². The summed E-state index contributed by atoms with van der Waals surface area (Å²) in [6, 6.07) is 24.9. The maximum Gasteiger partial charge on any atom is 0.274 e. The summed E-state index contributed by atoms with van der Waals surface area (Å²) in [7, 11) is 0. The molecule has 3 aromatic carbocycles. The van der Waals surface area contributed by atoms with Gasteiger partial charge in [0.1, 0.15) is 12.1 Å². The zero-order chi connectivity index (χ0) is 47.7. The molecule has 6 heterocycles. The molecule has 6 aromatic rings. The van der Waals surface area contributed by atoms with Crippen molar-refractivity contribution in [1.29, 1.82) is 0 Å². The van der Waals surface area contributed by atoms with Gasteiger partial charge >= 0.3 is 0 Å². The Hall–Kier alpha value is -7.28. The number of hydrogen-bond donors (Lipinski definition) is 3. The van der Waals surface area contributed by atoms with E-state index in [1.54, 1.807) is 52.5 Å². The minimum atomic E-state index is -0.613. The normalized spacial score (nSPS) is 16.2. The van der Waals surface area contributed by atoms with Crippen LogP contribution in [0.25, 0.3) is 21.9 Å². The van der Waals surface area contributed by atoms with Crippen LogP contribution in [0.15, 0.2) is 108 Å². The highest BCUT2D eigenvalue weighted by Crippen LogP contribution is 2.28. The van der Waals surface area contributed by atoms with Crippen LogP contribution < -0.4 is 16.2 Å². The highest BCUT2D eigenvalue weighted by Gasteiger charge is 2.31. The van der Waals surface area contributed by atoms with Crippen LogP contribution in [-0.4, -0.2) is 158 Å². The van der Waals surface area contributed by atoms with E-state index in [1.165, 1.54) is 12.4 Å². The number of rotatable bonds is 14. The highest BCUT2D eigenvalue weighted by atomic mass is 19.1. The second-order valence-corrected chi connectivity index (χ2v) is 17.9. The fourth-order valence-corrected chi connectivity index (χ4v) is 9.37. The van der Waals surface area contributed by atoms with E-state index in [0.29, 0.717) is 92.4 Å². The number of nitrogens with one attached hydrogen (secondary N) is 3. The molecule has 3 aromatic heterocycles. The van der Waals surface area contributed by atoms with Crippen LogP contribution in [0.4, 0.5) is 10.1 Å². The fraction of sp³-hybridized carbons (Fsp3) is 0.353. The molecule has 3 aliphatic rings. The van der Waals surface area contributed by atoms with Crippen molar-refractivity contribution < 1.29 is 23.6 Å². The van der Waals surface area contributed by atoms with Crippen LogP contribution in [0, 0.1) is 11.7 Å². The fourth-order valence-electron chi connectivity index (χ4n) is 9.37. The molecule has 9 rings (SSSR count). The number of piperidine rings is 1. The summed E-state index contributed by atoms with van der Waals surface area (Å²) in [6.45, 7) is 7.33. The molecule has 3 N–H and O–H groups in total. The Morgan fingerprint density at radius 3 is 2.19 bits per heavy atom. The summed E-state index contributed by atoms with van der Waals surface area (Å²) < 4.78 is 15.1. The number of hydrogen-bond acceptors (Lipinski definition) is 12. The van der Waals surface area contributed by atoms with Crippen molar-refractivity contribution in [3.63, 3.8) is 0 Å². The Kier molecular flexibility index (Phi) is 14.8. The van der Waals surface area contributed by atoms with Crippen LogP contribution in [0.1, 0.15) is 50.6 Å². The molecule has 4 amide bonds. The predicted octanol–water partition coefficient (Wildman–Crippen LogP) is 3.69. The molecule has 0 saturated carbocycles. The number of anilines is 1. The summed E-state index contributed by atoms with van der Waals surface area (Å²) in [5, 5.41) is 14.0. The summed E-state index contributed by atoms with van der Waals surface area (Å²) in [5.74, 6) is -1.11. The third kappa shape index (κ3) is 11.5. The van der Waals surface area contributed by atoms with Gasteiger partial charge in [-0.25, -0.2) is 24.4 Å². The molecule has 17 nitrogen and oxygen atoms in total. The summed E-state index contributed by atoms with van der Waals surface area (Å²) in [4.78, 5) is 89.0. The zero-order valence-electron chi connectivity index (χ0n) is 38.4. The molecule has 0 unspecified atom stereocenters. The standard InChI is InChI=1S/C51H55FN12O5/c52-43-11-10-36(27-44-40-8-4-5-9-41(40)49(67)59-58-44)26-42(43)50(68)64-24-22-62(23-25-64)47(66)33-61-20-18-60(19-21-61)32-35-13-16-63(17-14-35)51(69)48-45(28-38(29-55-48)37-6-2-1-3-7-37)57-46(65)31-54-30-39-12-15-53-34-56-39/h1-12,15,26,28-29,34-35,54H,13-14,16-25,27,30-33H2,(H,57,65)(H,59,67). The molecular formula is C51H55FN12O5. The molecule has 356 valence electrons. The predicted molar refractivity (Wildman–Crippen MR) is 258 cm³/mol. The lowest BCUT2D eigenvalue weighted by atomic mass is 9.95. The molecular weight excluding hydrogens is 880 g/mol. The second kappa shape index (κ2) is 21.8. The number of carbonyl (C=O) groups is 4. The first-order valence-corrected chi connectivity index (χ1v) is 23.5. The van der Waals surface area contributed by atoms with Gasteiger partial charge in [0.25, 0.3) is 17.4 Å². The lowest BCUT2D eigenvalue weighted by Gasteiger charge is -2.40. The third-order valence-corrected chi connectivity index (χ3v) is 13.3. The van der Waals surface area contributed by atoms with Crippen molar-refractivity contribution in [2.24, 2.45) is 5.92 Å². The smallest absolute Gasteiger partial charge is 0.274 e. The average Bonchev–Trinajstić information content (AvgIpc) is 3.39. The van der Waals surface area contributed by atoms with E-state index in [4.69, 9.17) is 0 Å². The molecule has 18 heteroatoms. The van der Waals surface area contributed by atoms with Gasteiger partial charge in [0.05, 0.1) is 41.1 Å². The molecule has 3 saturated heterocycles. The molecule has 0 aliphatic carbocycles. The maximum absolute atomic E-state index is 15.1. The van der Waals surface area contributed by atoms with Gasteiger partial charge < -0.3 is 30.2 Å². The first-order chi connectivity index (χ1) is 33.6. The summed E-state index contributed by atoms with van der Waals surface area (Å²) >= 11 is 0. The van der Waals surface area contributed by atoms with Crippen molar-refractivity contribution in [2.75, 3.05) is 90.4 Å². The first-order valence-electron chi connectivity index (χ1n) is 23.5. The molecule has 0 bridgehead atoms. The van der Waals surface area contributed by atoms with Crippen LogP contribution in [0.3, 0.4) is 0 Å². The SMILES string of the molecule is O=C(CNCc1ccncn1)Nc1cc(-c2ccccc2)cnc1C(=O)N1CCC(CN2CCN(CC(=O)N3CCN(C(=O)c4cc(Cc5n[nH]c(=O)c6ccccc56)ccc4F)CC3)CC2)CC1. The van der Waals surface area contributed by atoms with Crippen molar-refractivity contribution in [3.8, 4) is 11.1 Å². The Morgan fingerprint density at radius 1 is 0.725 bits per heavy atom. The largest absolute Gasteiger partial charge is 0.338 e. The Morgan fingerprint density at radius 2 is 1.43 bits per heavy atom. The number of nitrogens with zero attached hydrogens (tertiary/aromatic N) is 9. The lowest BCUT2D eigenvalue weighted by Crippen LogP contribution is -2.55. The molecule has 69 heavy (non-hydrogen) atoms. The van der Waals surface area contributed by atoms with E-state index in [2.05, 4.69) is 45.6 Å². The van der Waals surface area contributed by atoms with Gasteiger partial charge in [-0.15, -0.1) is 0 Å². The number of amides is 4. The molecule has 3 aliphatic heterocycles. The molecule has 0 atom stereocenters. The number of carbonyl (C=O) groups excluding carboxylic acids is 4. The van der Waals surface area contributed by atoms with Gasteiger partial charge in [0.15, 0.2) is 5.69 Å². The van der Waals surface area contributed by atoms with Crippen molar-refractivity contribution in [1.82, 2.24) is 55.0 Å². The number of benzene rings is 3. The second-order valence-electron chi connectivity index (χ2n) is 17.9. The Labute approximate surface area is 398 Å². The van der Waals surface area contributed by atoms with E-state index in [1.807, 2.05) is 53.4 Å². The first kappa shape index (κ1) is 46.8. The van der Waals surface area contributed by atoms with Gasteiger partial charge in [-0.3, -0.25) is 28.9 Å². The van der Waals surface area contributed by atoms with Crippen LogP contribution in [-0.2, 0) is 22.6 Å². The molecule has 3 fully saturated rings. The molecule has 0 spiro atoms. The van der Waals surface area contributed by atoms with Crippen molar-refractivity contribution >= 4 is 40.1 Å². The third-order valence-electron chi connectivity index (χ3n) is 13.3. The van der Waals surface area contributed by atoms with Gasteiger partial charge in [0, 0.05) is 108 Å². The van der Waals surface area contributed by atoms with E-state index >= 15 is 4.39 Å². The van der Waals surface area contributed by atoms with E-state index in [0.717, 1.165) is 62.4 Å². The quantitative estimate of drug-likeness (QED) is 0.144. The number of likely N-dealkylation sites (tertiary alicyclic amines) is 1. The van der Waals surface area contributed by atoms with Gasteiger partial charge in [-0.2, -0.15) is 5.10 Å². The number of aromatic nitrogens is 5. The zero-order valence-corrected chi connectivity index (χ0v) is 38.4. The van der Waals surface area contributed by atoms with Crippen LogP contribution in [0.2, 0.25) is 0 Å². The van der Waals surface area contributed by atoms with Gasteiger partial charge in [0.2, 0.25) is 11.8 Å². The van der Waals surface area contributed by atoms with Crippen LogP contribution >= 0.6 is 0 Å². The van der Waals surface area contributed by atoms with Gasteiger partial charge in [-0.05, 0) is 60.2 Å². The Balaban J connectivity index is 0.713. The number of piperazine rings is 2. The number of pyridine rings is 1. The highest BCUT2D eigenvalue weighted by molar-refractivity contribution is 6.03. The van der Waals surface area contributed by atoms with E-state index in [-0.39, 0.29) is 41.1 Å². The average molecular weight is 935 g/mol. The minimum Gasteiger partial charge on any atom is -0.338 e. The van der Waals surface area contributed by atoms with E-state index < -0.39 is 11.7 Å². The molecule has 0 radical (unpaired) electrons. The summed E-state index contributed by atoms with van der Waals surface area (Å²) in [6.07, 6.45) is 6.78.